The summed E-state index contributed by atoms with van der Waals surface area (Å²) >= 11 is 0. The number of para-hydroxylation sites is 1. The fraction of sp³-hybridized carbons (Fsp3) is 0.167. The van der Waals surface area contributed by atoms with Crippen LogP contribution in [0.25, 0.3) is 0 Å². The maximum absolute atomic E-state index is 13.0. The number of cyclic esters (lactones) is 1. The van der Waals surface area contributed by atoms with E-state index in [2.05, 4.69) is 0 Å². The van der Waals surface area contributed by atoms with Gasteiger partial charge in [-0.2, -0.15) is 0 Å². The minimum absolute atomic E-state index is 0.102. The van der Waals surface area contributed by atoms with Crippen LogP contribution in [0, 0.1) is 10.1 Å². The lowest BCUT2D eigenvalue weighted by Crippen LogP contribution is -2.20. The average Bonchev–Trinajstić information content (AvgIpc) is 3.18. The Kier molecular flexibility index (Phi) is 5.95. The Bertz CT molecular complexity index is 1220. The lowest BCUT2D eigenvalue weighted by atomic mass is 9.95. The third kappa shape index (κ3) is 4.08. The first kappa shape index (κ1) is 21.8. The van der Waals surface area contributed by atoms with E-state index in [0.29, 0.717) is 28.2 Å². The Morgan fingerprint density at radius 1 is 1.00 bits per heavy atom. The number of benzene rings is 3. The Labute approximate surface area is 188 Å². The third-order valence-electron chi connectivity index (χ3n) is 5.28. The fourth-order valence-electron chi connectivity index (χ4n) is 3.73. The number of rotatable bonds is 7. The molecule has 168 valence electrons. The smallest absolute Gasteiger partial charge is 0.339 e. The molecule has 0 radical (unpaired) electrons. The van der Waals surface area contributed by atoms with Crippen LogP contribution >= 0.6 is 0 Å². The molecule has 0 fully saturated rings. The summed E-state index contributed by atoms with van der Waals surface area (Å²) in [7, 11) is 2.93. The number of ether oxygens (including phenoxy) is 4. The van der Waals surface area contributed by atoms with E-state index in [9.17, 15) is 19.7 Å². The van der Waals surface area contributed by atoms with Gasteiger partial charge < -0.3 is 18.9 Å². The molecule has 0 saturated carbocycles. The summed E-state index contributed by atoms with van der Waals surface area (Å²) in [6, 6.07) is 16.9. The molecule has 2 atom stereocenters. The van der Waals surface area contributed by atoms with Gasteiger partial charge in [-0.15, -0.1) is 0 Å². The first-order valence-electron chi connectivity index (χ1n) is 9.90. The van der Waals surface area contributed by atoms with Crippen LogP contribution < -0.4 is 9.47 Å². The molecule has 4 rings (SSSR count). The topological polar surface area (TPSA) is 114 Å². The normalized spacial score (nSPS) is 15.2. The molecule has 0 amide bonds. The fourth-order valence-corrected chi connectivity index (χ4v) is 3.73. The van der Waals surface area contributed by atoms with Crippen molar-refractivity contribution in [3.05, 3.63) is 99.1 Å². The molecule has 0 bridgehead atoms. The van der Waals surface area contributed by atoms with Crippen LogP contribution in [0.3, 0.4) is 0 Å². The predicted octanol–water partition coefficient (Wildman–Crippen LogP) is 4.42. The summed E-state index contributed by atoms with van der Waals surface area (Å²) in [4.78, 5) is 35.8. The highest BCUT2D eigenvalue weighted by molar-refractivity contribution is 5.94. The van der Waals surface area contributed by atoms with Gasteiger partial charge in [0, 0.05) is 23.3 Å². The van der Waals surface area contributed by atoms with Gasteiger partial charge in [0.2, 0.25) is 0 Å². The number of non-ortho nitro benzene ring substituents is 1. The first-order valence-corrected chi connectivity index (χ1v) is 9.90. The lowest BCUT2D eigenvalue weighted by molar-refractivity contribution is -0.384. The Balaban J connectivity index is 1.77. The number of nitro groups is 1. The van der Waals surface area contributed by atoms with Gasteiger partial charge in [-0.25, -0.2) is 9.59 Å². The van der Waals surface area contributed by atoms with Gasteiger partial charge in [-0.3, -0.25) is 10.1 Å². The predicted molar refractivity (Wildman–Crippen MR) is 115 cm³/mol. The molecule has 9 heteroatoms. The Morgan fingerprint density at radius 3 is 2.39 bits per heavy atom. The number of fused-ring (bicyclic) bond motifs is 1. The van der Waals surface area contributed by atoms with Gasteiger partial charge in [0.25, 0.3) is 5.69 Å². The van der Waals surface area contributed by atoms with Crippen molar-refractivity contribution in [3.63, 3.8) is 0 Å². The van der Waals surface area contributed by atoms with Crippen LogP contribution in [0.2, 0.25) is 0 Å². The molecule has 33 heavy (non-hydrogen) atoms. The number of nitro benzene ring substituents is 1. The lowest BCUT2D eigenvalue weighted by Gasteiger charge is -2.26. The summed E-state index contributed by atoms with van der Waals surface area (Å²) in [6.45, 7) is 0. The molecule has 3 aromatic carbocycles. The van der Waals surface area contributed by atoms with E-state index in [1.54, 1.807) is 42.5 Å². The van der Waals surface area contributed by atoms with Crippen LogP contribution in [0.5, 0.6) is 11.5 Å². The highest BCUT2D eigenvalue weighted by atomic mass is 16.6. The number of hydrogen-bond acceptors (Lipinski definition) is 8. The summed E-state index contributed by atoms with van der Waals surface area (Å²) in [5.74, 6) is -0.556. The zero-order valence-corrected chi connectivity index (χ0v) is 17.7. The molecular weight excluding hydrogens is 430 g/mol. The monoisotopic (exact) mass is 449 g/mol. The number of carbonyl (C=O) groups is 2. The first-order chi connectivity index (χ1) is 15.9. The summed E-state index contributed by atoms with van der Waals surface area (Å²) in [6.07, 6.45) is -2.01. The van der Waals surface area contributed by atoms with Crippen molar-refractivity contribution in [1.82, 2.24) is 0 Å². The molecule has 3 aromatic rings. The standard InChI is InChI=1S/C24H19NO8/c1-30-19-9-5-8-18(20(19)31-2)22(21-16-6-3-4-7-17(16)24(27)33-21)32-23(26)14-10-12-15(13-11-14)25(28)29/h3-13,21-22H,1-2H3/t21-,22+/m0/s1. The van der Waals surface area contributed by atoms with E-state index < -0.39 is 29.1 Å². The van der Waals surface area contributed by atoms with Gasteiger partial charge in [-0.1, -0.05) is 30.3 Å². The number of methoxy groups -OCH3 is 2. The molecular formula is C24H19NO8. The van der Waals surface area contributed by atoms with Crippen LogP contribution in [-0.2, 0) is 9.47 Å². The number of nitrogens with zero attached hydrogens (tertiary/aromatic N) is 1. The van der Waals surface area contributed by atoms with E-state index in [1.165, 1.54) is 38.5 Å². The molecule has 1 aliphatic heterocycles. The van der Waals surface area contributed by atoms with Crippen molar-refractivity contribution in [3.8, 4) is 11.5 Å². The zero-order valence-electron chi connectivity index (χ0n) is 17.7. The molecule has 0 spiro atoms. The largest absolute Gasteiger partial charge is 0.493 e. The SMILES string of the molecule is COc1cccc([C@@H](OC(=O)c2ccc([N+](=O)[O-])cc2)[C@H]2OC(=O)c3ccccc32)c1OC. The van der Waals surface area contributed by atoms with E-state index in [1.807, 2.05) is 0 Å². The Hall–Kier alpha value is -4.40. The number of carbonyl (C=O) groups excluding carboxylic acids is 2. The quantitative estimate of drug-likeness (QED) is 0.296. The van der Waals surface area contributed by atoms with Crippen molar-refractivity contribution in [2.45, 2.75) is 12.2 Å². The average molecular weight is 449 g/mol. The minimum Gasteiger partial charge on any atom is -0.493 e. The van der Waals surface area contributed by atoms with Gasteiger partial charge in [0.05, 0.1) is 30.3 Å². The van der Waals surface area contributed by atoms with Gasteiger partial charge in [0.15, 0.2) is 23.7 Å². The summed E-state index contributed by atoms with van der Waals surface area (Å²) < 4.78 is 22.3. The van der Waals surface area contributed by atoms with Gasteiger partial charge in [-0.05, 0) is 24.3 Å². The van der Waals surface area contributed by atoms with Crippen LogP contribution in [0.15, 0.2) is 66.7 Å². The van der Waals surface area contributed by atoms with Crippen LogP contribution in [0.1, 0.15) is 44.1 Å². The second kappa shape index (κ2) is 8.99. The summed E-state index contributed by atoms with van der Waals surface area (Å²) in [5.41, 5.74) is 1.32. The van der Waals surface area contributed by atoms with E-state index >= 15 is 0 Å². The highest BCUT2D eigenvalue weighted by Gasteiger charge is 2.41. The van der Waals surface area contributed by atoms with E-state index in [4.69, 9.17) is 18.9 Å². The molecule has 0 unspecified atom stereocenters. The zero-order chi connectivity index (χ0) is 23.5. The maximum atomic E-state index is 13.0. The van der Waals surface area contributed by atoms with E-state index in [-0.39, 0.29) is 11.3 Å². The molecule has 0 N–H and O–H groups in total. The molecule has 0 saturated heterocycles. The second-order valence-corrected chi connectivity index (χ2v) is 7.13. The van der Waals surface area contributed by atoms with Crippen LogP contribution in [-0.4, -0.2) is 31.1 Å². The van der Waals surface area contributed by atoms with Crippen molar-refractivity contribution in [1.29, 1.82) is 0 Å². The second-order valence-electron chi connectivity index (χ2n) is 7.13. The molecule has 1 heterocycles. The minimum atomic E-state index is -1.08. The van der Waals surface area contributed by atoms with Crippen molar-refractivity contribution in [2.75, 3.05) is 14.2 Å². The van der Waals surface area contributed by atoms with Crippen molar-refractivity contribution >= 4 is 17.6 Å². The molecule has 9 nitrogen and oxygen atoms in total. The number of hydrogen-bond donors (Lipinski definition) is 0. The molecule has 0 aliphatic carbocycles. The summed E-state index contributed by atoms with van der Waals surface area (Å²) in [5, 5.41) is 10.9. The molecule has 0 aromatic heterocycles. The van der Waals surface area contributed by atoms with Crippen molar-refractivity contribution < 1.29 is 33.5 Å². The van der Waals surface area contributed by atoms with E-state index in [0.717, 1.165) is 0 Å². The maximum Gasteiger partial charge on any atom is 0.339 e. The van der Waals surface area contributed by atoms with Crippen LogP contribution in [0.4, 0.5) is 5.69 Å². The third-order valence-corrected chi connectivity index (χ3v) is 5.28. The Morgan fingerprint density at radius 2 is 1.73 bits per heavy atom. The van der Waals surface area contributed by atoms with Crippen molar-refractivity contribution in [2.24, 2.45) is 0 Å². The van der Waals surface area contributed by atoms with Gasteiger partial charge in [0.1, 0.15) is 0 Å². The van der Waals surface area contributed by atoms with Gasteiger partial charge >= 0.3 is 11.9 Å². The number of esters is 2. The molecule has 1 aliphatic rings. The highest BCUT2D eigenvalue weighted by Crippen LogP contribution is 2.46.